The maximum atomic E-state index is 13.0. The molecule has 25 heavy (non-hydrogen) atoms. The molecule has 1 aliphatic carbocycles. The zero-order chi connectivity index (χ0) is 17.2. The molecule has 1 saturated carbocycles. The molecule has 2 fully saturated rings. The summed E-state index contributed by atoms with van der Waals surface area (Å²) in [5.41, 5.74) is 0.654. The average molecular weight is 338 g/mol. The summed E-state index contributed by atoms with van der Waals surface area (Å²) in [7, 11) is 1.64. The first-order chi connectivity index (χ1) is 12.3. The van der Waals surface area contributed by atoms with Crippen molar-refractivity contribution in [2.45, 2.75) is 31.3 Å². The lowest BCUT2D eigenvalue weighted by Gasteiger charge is -2.35. The fourth-order valence-corrected chi connectivity index (χ4v) is 4.14. The van der Waals surface area contributed by atoms with Crippen LogP contribution >= 0.6 is 0 Å². The summed E-state index contributed by atoms with van der Waals surface area (Å²) in [5, 5.41) is 0. The van der Waals surface area contributed by atoms with Crippen LogP contribution in [0.1, 0.15) is 29.6 Å². The van der Waals surface area contributed by atoms with E-state index in [1.54, 1.807) is 19.5 Å². The molecule has 4 rings (SSSR count). The molecule has 2 bridgehead atoms. The maximum Gasteiger partial charge on any atom is 0.256 e. The van der Waals surface area contributed by atoms with Crippen LogP contribution in [0.4, 0.5) is 0 Å². The quantitative estimate of drug-likeness (QED) is 0.840. The molecule has 5 nitrogen and oxygen atoms in total. The van der Waals surface area contributed by atoms with Gasteiger partial charge >= 0.3 is 0 Å². The number of amides is 1. The molecule has 0 N–H and O–H groups in total. The van der Waals surface area contributed by atoms with Crippen molar-refractivity contribution in [2.75, 3.05) is 13.7 Å². The number of carbonyl (C=O) groups is 1. The van der Waals surface area contributed by atoms with Crippen LogP contribution in [-0.4, -0.2) is 41.6 Å². The lowest BCUT2D eigenvalue weighted by Crippen LogP contribution is -2.47. The van der Waals surface area contributed by atoms with Gasteiger partial charge in [0, 0.05) is 24.5 Å². The second-order valence-corrected chi connectivity index (χ2v) is 6.74. The van der Waals surface area contributed by atoms with E-state index in [1.165, 1.54) is 6.42 Å². The van der Waals surface area contributed by atoms with Crippen LogP contribution in [0.25, 0.3) is 0 Å². The number of piperidine rings is 1. The van der Waals surface area contributed by atoms with Crippen molar-refractivity contribution in [3.63, 3.8) is 0 Å². The Morgan fingerprint density at radius 3 is 2.92 bits per heavy atom. The third kappa shape index (κ3) is 3.06. The van der Waals surface area contributed by atoms with E-state index in [1.807, 2.05) is 41.3 Å². The van der Waals surface area contributed by atoms with E-state index in [9.17, 15) is 4.79 Å². The van der Waals surface area contributed by atoms with E-state index in [0.29, 0.717) is 24.1 Å². The zero-order valence-corrected chi connectivity index (χ0v) is 14.3. The topological polar surface area (TPSA) is 51.7 Å². The van der Waals surface area contributed by atoms with Gasteiger partial charge in [0.1, 0.15) is 18.1 Å². The maximum absolute atomic E-state index is 13.0. The second kappa shape index (κ2) is 6.75. The molecule has 130 valence electrons. The molecular formula is C20H22N2O3. The lowest BCUT2D eigenvalue weighted by molar-refractivity contribution is 0.0505. The minimum atomic E-state index is 0.0690. The van der Waals surface area contributed by atoms with Gasteiger partial charge in [-0.3, -0.25) is 9.78 Å². The van der Waals surface area contributed by atoms with E-state index in [-0.39, 0.29) is 11.9 Å². The minimum Gasteiger partial charge on any atom is -0.497 e. The number of pyridine rings is 1. The summed E-state index contributed by atoms with van der Waals surface area (Å²) in [6, 6.07) is 11.7. The Hall–Kier alpha value is -2.56. The van der Waals surface area contributed by atoms with Gasteiger partial charge in [0.2, 0.25) is 0 Å². The highest BCUT2D eigenvalue weighted by molar-refractivity contribution is 5.94. The number of aromatic nitrogens is 1. The van der Waals surface area contributed by atoms with Gasteiger partial charge < -0.3 is 14.4 Å². The van der Waals surface area contributed by atoms with Crippen LogP contribution in [0.15, 0.2) is 48.8 Å². The number of hydrogen-bond donors (Lipinski definition) is 0. The largest absolute Gasteiger partial charge is 0.497 e. The highest BCUT2D eigenvalue weighted by Gasteiger charge is 2.48. The van der Waals surface area contributed by atoms with Crippen molar-refractivity contribution >= 4 is 5.91 Å². The van der Waals surface area contributed by atoms with E-state index < -0.39 is 0 Å². The molecule has 3 atom stereocenters. The molecule has 2 aromatic rings. The van der Waals surface area contributed by atoms with Crippen LogP contribution in [0, 0.1) is 5.92 Å². The van der Waals surface area contributed by atoms with Crippen LogP contribution in [0.3, 0.4) is 0 Å². The molecule has 2 unspecified atom stereocenters. The Labute approximate surface area is 147 Å². The summed E-state index contributed by atoms with van der Waals surface area (Å²) in [6.07, 6.45) is 6.68. The SMILES string of the molecule is COc1cccc(OC[C@H]2C3CCC(C3)N2C(=O)c2cccnc2)c1. The van der Waals surface area contributed by atoms with Gasteiger partial charge in [0.05, 0.1) is 18.7 Å². The number of fused-ring (bicyclic) bond motifs is 2. The van der Waals surface area contributed by atoms with Crippen LogP contribution in [0.5, 0.6) is 11.5 Å². The normalized spacial score (nSPS) is 24.4. The molecule has 0 radical (unpaired) electrons. The van der Waals surface area contributed by atoms with Crippen molar-refractivity contribution in [1.82, 2.24) is 9.88 Å². The monoisotopic (exact) mass is 338 g/mol. The van der Waals surface area contributed by atoms with Gasteiger partial charge in [-0.05, 0) is 49.4 Å². The van der Waals surface area contributed by atoms with Gasteiger partial charge in [-0.25, -0.2) is 0 Å². The number of rotatable bonds is 5. The smallest absolute Gasteiger partial charge is 0.256 e. The first kappa shape index (κ1) is 15.9. The highest BCUT2D eigenvalue weighted by Crippen LogP contribution is 2.43. The number of hydrogen-bond acceptors (Lipinski definition) is 4. The standard InChI is InChI=1S/C20H22N2O3/c1-24-17-5-2-6-18(11-17)25-13-19-14-7-8-16(10-14)22(19)20(23)15-4-3-9-21-12-15/h2-6,9,11-12,14,16,19H,7-8,10,13H2,1H3/t14?,16?,19-/m0/s1. The Morgan fingerprint density at radius 2 is 2.12 bits per heavy atom. The number of nitrogens with zero attached hydrogens (tertiary/aromatic N) is 2. The van der Waals surface area contributed by atoms with Crippen molar-refractivity contribution in [1.29, 1.82) is 0 Å². The second-order valence-electron chi connectivity index (χ2n) is 6.74. The predicted molar refractivity (Wildman–Crippen MR) is 93.8 cm³/mol. The number of likely N-dealkylation sites (tertiary alicyclic amines) is 1. The van der Waals surface area contributed by atoms with E-state index in [4.69, 9.17) is 9.47 Å². The Balaban J connectivity index is 1.50. The van der Waals surface area contributed by atoms with Gasteiger partial charge in [-0.15, -0.1) is 0 Å². The van der Waals surface area contributed by atoms with Gasteiger partial charge in [-0.1, -0.05) is 6.07 Å². The van der Waals surface area contributed by atoms with Gasteiger partial charge in [-0.2, -0.15) is 0 Å². The summed E-state index contributed by atoms with van der Waals surface area (Å²) in [5.74, 6) is 2.14. The summed E-state index contributed by atoms with van der Waals surface area (Å²) in [4.78, 5) is 19.1. The van der Waals surface area contributed by atoms with E-state index >= 15 is 0 Å². The van der Waals surface area contributed by atoms with Gasteiger partial charge in [0.25, 0.3) is 5.91 Å². The summed E-state index contributed by atoms with van der Waals surface area (Å²) < 4.78 is 11.3. The molecule has 0 spiro atoms. The van der Waals surface area contributed by atoms with Crippen LogP contribution in [-0.2, 0) is 0 Å². The molecule has 2 heterocycles. The number of methoxy groups -OCH3 is 1. The summed E-state index contributed by atoms with van der Waals surface area (Å²) >= 11 is 0. The van der Waals surface area contributed by atoms with Crippen molar-refractivity contribution in [3.8, 4) is 11.5 Å². The lowest BCUT2D eigenvalue weighted by atomic mass is 9.99. The molecule has 1 aliphatic heterocycles. The number of ether oxygens (including phenoxy) is 2. The Kier molecular flexibility index (Phi) is 4.30. The van der Waals surface area contributed by atoms with Crippen molar-refractivity contribution in [2.24, 2.45) is 5.92 Å². The molecule has 5 heteroatoms. The Bertz CT molecular complexity index is 750. The Morgan fingerprint density at radius 1 is 1.24 bits per heavy atom. The number of carbonyl (C=O) groups excluding carboxylic acids is 1. The van der Waals surface area contributed by atoms with E-state index in [2.05, 4.69) is 4.98 Å². The highest BCUT2D eigenvalue weighted by atomic mass is 16.5. The zero-order valence-electron chi connectivity index (χ0n) is 14.3. The summed E-state index contributed by atoms with van der Waals surface area (Å²) in [6.45, 7) is 0.514. The minimum absolute atomic E-state index is 0.0690. The molecule has 1 aromatic heterocycles. The fraction of sp³-hybridized carbons (Fsp3) is 0.400. The predicted octanol–water partition coefficient (Wildman–Crippen LogP) is 3.16. The molecule has 1 saturated heterocycles. The molecule has 1 amide bonds. The van der Waals surface area contributed by atoms with Gasteiger partial charge in [0.15, 0.2) is 0 Å². The van der Waals surface area contributed by atoms with Crippen LogP contribution in [0.2, 0.25) is 0 Å². The van der Waals surface area contributed by atoms with E-state index in [0.717, 1.165) is 24.3 Å². The van der Waals surface area contributed by atoms with Crippen LogP contribution < -0.4 is 9.47 Å². The average Bonchev–Trinajstić information content (AvgIpc) is 3.28. The first-order valence-corrected chi connectivity index (χ1v) is 8.76. The first-order valence-electron chi connectivity index (χ1n) is 8.76. The molecular weight excluding hydrogens is 316 g/mol. The third-order valence-corrected chi connectivity index (χ3v) is 5.35. The van der Waals surface area contributed by atoms with Crippen molar-refractivity contribution < 1.29 is 14.3 Å². The fourth-order valence-electron chi connectivity index (χ4n) is 4.14. The third-order valence-electron chi connectivity index (χ3n) is 5.35. The number of benzene rings is 1. The van der Waals surface area contributed by atoms with Crippen molar-refractivity contribution in [3.05, 3.63) is 54.4 Å². The molecule has 2 aliphatic rings. The molecule has 1 aromatic carbocycles.